The van der Waals surface area contributed by atoms with Crippen LogP contribution in [0.4, 0.5) is 0 Å². The predicted molar refractivity (Wildman–Crippen MR) is 227 cm³/mol. The Morgan fingerprint density at radius 2 is 1.73 bits per heavy atom. The van der Waals surface area contributed by atoms with Crippen molar-refractivity contribution in [2.24, 2.45) is 56.2 Å². The maximum absolute atomic E-state index is 14.4. The molecule has 1 aromatic heterocycles. The monoisotopic (exact) mass is 816 g/mol. The number of carboxylic acids is 1. The van der Waals surface area contributed by atoms with Gasteiger partial charge in [0.15, 0.2) is 5.78 Å². The van der Waals surface area contributed by atoms with Crippen LogP contribution in [0.15, 0.2) is 35.5 Å². The number of rotatable bonds is 13. The second kappa shape index (κ2) is 15.7. The molecule has 2 N–H and O–H groups in total. The number of carbonyl (C=O) groups excluding carboxylic acids is 3. The van der Waals surface area contributed by atoms with Crippen LogP contribution in [0.25, 0.3) is 0 Å². The molecule has 0 spiro atoms. The van der Waals surface area contributed by atoms with Gasteiger partial charge < -0.3 is 19.8 Å². The summed E-state index contributed by atoms with van der Waals surface area (Å²) in [6.07, 6.45) is 10.1. The molecule has 0 unspecified atom stereocenters. The molecule has 7 rings (SSSR count). The van der Waals surface area contributed by atoms with E-state index in [1.165, 1.54) is 5.57 Å². The molecular weight excluding hydrogens is 743 g/mol. The van der Waals surface area contributed by atoms with Crippen LogP contribution in [-0.2, 0) is 30.5 Å². The van der Waals surface area contributed by atoms with Gasteiger partial charge in [-0.3, -0.25) is 29.1 Å². The minimum absolute atomic E-state index is 0.0113. The Hall–Kier alpha value is -3.11. The third kappa shape index (κ3) is 7.31. The normalized spacial score (nSPS) is 36.0. The predicted octanol–water partition coefficient (Wildman–Crippen LogP) is 8.26. The Bertz CT molecular complexity index is 1840. The lowest BCUT2D eigenvalue weighted by Crippen LogP contribution is -2.66. The van der Waals surface area contributed by atoms with E-state index in [1.54, 1.807) is 20.0 Å². The van der Waals surface area contributed by atoms with E-state index in [2.05, 4.69) is 58.4 Å². The second-order valence-electron chi connectivity index (χ2n) is 22.1. The number of ether oxygens (including phenoxy) is 1. The fourth-order valence-electron chi connectivity index (χ4n) is 14.5. The Balaban J connectivity index is 1.16. The molecule has 10 heteroatoms. The number of Topliss-reactive ketones (excluding diaryl/α,β-unsaturated/α-hetero) is 1. The zero-order valence-electron chi connectivity index (χ0n) is 37.6. The summed E-state index contributed by atoms with van der Waals surface area (Å²) >= 11 is 0. The Kier molecular flexibility index (Phi) is 11.7. The van der Waals surface area contributed by atoms with E-state index < -0.39 is 28.9 Å². The second-order valence-corrected chi connectivity index (χ2v) is 22.1. The molecule has 0 bridgehead atoms. The fraction of sp³-hybridized carbons (Fsp3) is 0.776. The number of likely N-dealkylation sites (tertiary alicyclic amines) is 1. The van der Waals surface area contributed by atoms with Crippen molar-refractivity contribution in [1.29, 1.82) is 0 Å². The number of carbonyl (C=O) groups is 4. The summed E-state index contributed by atoms with van der Waals surface area (Å²) < 4.78 is 6.20. The van der Waals surface area contributed by atoms with Gasteiger partial charge in [0.05, 0.1) is 23.6 Å². The van der Waals surface area contributed by atoms with E-state index in [9.17, 15) is 29.4 Å². The molecule has 1 amide bonds. The number of aliphatic carboxylic acids is 1. The molecule has 2 heterocycles. The number of hydrogen-bond donors (Lipinski definition) is 2. The molecule has 5 aliphatic carbocycles. The summed E-state index contributed by atoms with van der Waals surface area (Å²) in [6.45, 7) is 22.6. The SMILES string of the molecule is CC(C)C1=C2[C@H]3CC[C@@H]4[C@@]5(C)CC[C@H](OC(=O)CC(C)(C)C(=O)O)C(C)(C)[C@@H]5CC[C@@]4(C)[C@]3(C)CC[C@@]2([C@@H](O)CN(CCN2CCCC2=O)Cc2ccccn2)CC1=O. The average molecular weight is 816 g/mol. The first-order chi connectivity index (χ1) is 27.6. The van der Waals surface area contributed by atoms with E-state index >= 15 is 0 Å². The number of aromatic nitrogens is 1. The third-order valence-corrected chi connectivity index (χ3v) is 17.9. The highest BCUT2D eigenvalue weighted by atomic mass is 16.5. The van der Waals surface area contributed by atoms with Gasteiger partial charge in [-0.1, -0.05) is 60.1 Å². The zero-order valence-corrected chi connectivity index (χ0v) is 37.6. The number of nitrogens with zero attached hydrogens (tertiary/aromatic N) is 3. The molecule has 6 aliphatic rings. The summed E-state index contributed by atoms with van der Waals surface area (Å²) in [5, 5.41) is 22.4. The van der Waals surface area contributed by atoms with E-state index in [-0.39, 0.29) is 57.7 Å². The largest absolute Gasteiger partial charge is 0.481 e. The van der Waals surface area contributed by atoms with Crippen molar-refractivity contribution in [3.63, 3.8) is 0 Å². The van der Waals surface area contributed by atoms with Crippen LogP contribution >= 0.6 is 0 Å². The van der Waals surface area contributed by atoms with Gasteiger partial charge in [0.25, 0.3) is 0 Å². The highest BCUT2D eigenvalue weighted by Gasteiger charge is 2.71. The Morgan fingerprint density at radius 3 is 2.37 bits per heavy atom. The van der Waals surface area contributed by atoms with Gasteiger partial charge in [-0.2, -0.15) is 0 Å². The van der Waals surface area contributed by atoms with Gasteiger partial charge in [0, 0.05) is 62.6 Å². The molecule has 0 radical (unpaired) electrons. The molecule has 4 saturated carbocycles. The van der Waals surface area contributed by atoms with Gasteiger partial charge in [0.1, 0.15) is 6.10 Å². The van der Waals surface area contributed by atoms with E-state index in [0.717, 1.165) is 75.6 Å². The number of aliphatic hydroxyl groups is 1. The summed E-state index contributed by atoms with van der Waals surface area (Å²) in [7, 11) is 0. The van der Waals surface area contributed by atoms with Crippen LogP contribution in [0, 0.1) is 56.2 Å². The van der Waals surface area contributed by atoms with Crippen molar-refractivity contribution >= 4 is 23.6 Å². The molecule has 326 valence electrons. The molecule has 1 aliphatic heterocycles. The third-order valence-electron chi connectivity index (χ3n) is 17.9. The number of carboxylic acid groups (broad SMARTS) is 1. The lowest BCUT2D eigenvalue weighted by molar-refractivity contribution is -0.235. The minimum atomic E-state index is -1.18. The van der Waals surface area contributed by atoms with Crippen LogP contribution in [0.1, 0.15) is 145 Å². The van der Waals surface area contributed by atoms with Gasteiger partial charge in [-0.15, -0.1) is 0 Å². The van der Waals surface area contributed by atoms with Crippen molar-refractivity contribution < 1.29 is 34.1 Å². The topological polar surface area (TPSA) is 137 Å². The molecule has 0 aromatic carbocycles. The summed E-state index contributed by atoms with van der Waals surface area (Å²) in [6, 6.07) is 5.92. The van der Waals surface area contributed by atoms with Gasteiger partial charge >= 0.3 is 11.9 Å². The molecule has 1 aromatic rings. The lowest BCUT2D eigenvalue weighted by atomic mass is 9.33. The van der Waals surface area contributed by atoms with Crippen molar-refractivity contribution in [3.8, 4) is 0 Å². The Labute approximate surface area is 353 Å². The molecule has 5 fully saturated rings. The van der Waals surface area contributed by atoms with Crippen LogP contribution in [-0.4, -0.2) is 87.0 Å². The first-order valence-electron chi connectivity index (χ1n) is 22.9. The van der Waals surface area contributed by atoms with Crippen molar-refractivity contribution in [1.82, 2.24) is 14.8 Å². The number of allylic oxidation sites excluding steroid dienone is 1. The maximum atomic E-state index is 14.4. The maximum Gasteiger partial charge on any atom is 0.309 e. The van der Waals surface area contributed by atoms with E-state index in [4.69, 9.17) is 4.74 Å². The summed E-state index contributed by atoms with van der Waals surface area (Å²) in [5.74, 6) is 0.0501. The van der Waals surface area contributed by atoms with Gasteiger partial charge in [-0.05, 0) is 129 Å². The quantitative estimate of drug-likeness (QED) is 0.189. The van der Waals surface area contributed by atoms with Crippen molar-refractivity contribution in [2.75, 3.05) is 26.2 Å². The molecule has 9 atom stereocenters. The lowest BCUT2D eigenvalue weighted by Gasteiger charge is -2.72. The highest BCUT2D eigenvalue weighted by molar-refractivity contribution is 6.00. The minimum Gasteiger partial charge on any atom is -0.481 e. The number of fused-ring (bicyclic) bond motifs is 7. The molecule has 59 heavy (non-hydrogen) atoms. The molecule has 1 saturated heterocycles. The van der Waals surface area contributed by atoms with Crippen molar-refractivity contribution in [3.05, 3.63) is 41.2 Å². The number of ketones is 1. The molecule has 10 nitrogen and oxygen atoms in total. The van der Waals surface area contributed by atoms with Gasteiger partial charge in [-0.25, -0.2) is 0 Å². The fourth-order valence-corrected chi connectivity index (χ4v) is 14.5. The van der Waals surface area contributed by atoms with Gasteiger partial charge in [0.2, 0.25) is 5.91 Å². The highest BCUT2D eigenvalue weighted by Crippen LogP contribution is 2.77. The smallest absolute Gasteiger partial charge is 0.309 e. The van der Waals surface area contributed by atoms with Crippen LogP contribution in [0.3, 0.4) is 0 Å². The standard InChI is InChI=1S/C49H73N3O7/c1-31(2)41-34(53)27-49(37(54)30-51(29-32-13-10-11-23-50-32)25-26-52-24-12-14-39(52)55)22-21-47(8)33(42(41)49)15-16-36-46(7)19-18-38(59-40(56)28-44(3,4)43(57)58)45(5,6)35(46)17-20-48(36,47)9/h10-11,13,23,31,33,35-38,54H,12,14-22,24-30H2,1-9H3,(H,57,58)/t33-,35+,36-,37+,38+,46+,47-,48-,49+/m1/s1. The van der Waals surface area contributed by atoms with Crippen LogP contribution in [0.5, 0.6) is 0 Å². The van der Waals surface area contributed by atoms with E-state index in [0.29, 0.717) is 50.9 Å². The zero-order chi connectivity index (χ0) is 42.9. The number of aliphatic hydroxyl groups excluding tert-OH is 1. The summed E-state index contributed by atoms with van der Waals surface area (Å²) in [5.41, 5.74) is 1.08. The number of amides is 1. The number of pyridine rings is 1. The average Bonchev–Trinajstić information content (AvgIpc) is 3.71. The first-order valence-corrected chi connectivity index (χ1v) is 22.9. The van der Waals surface area contributed by atoms with E-state index in [1.807, 2.05) is 23.1 Å². The van der Waals surface area contributed by atoms with Crippen LogP contribution < -0.4 is 0 Å². The number of hydrogen-bond acceptors (Lipinski definition) is 8. The summed E-state index contributed by atoms with van der Waals surface area (Å²) in [4.78, 5) is 60.8. The van der Waals surface area contributed by atoms with Crippen LogP contribution in [0.2, 0.25) is 0 Å². The first kappa shape index (κ1) is 44.0. The number of esters is 1. The Morgan fingerprint density at radius 1 is 0.983 bits per heavy atom. The molecular formula is C49H73N3O7. The van der Waals surface area contributed by atoms with Crippen molar-refractivity contribution in [2.45, 2.75) is 158 Å².